The van der Waals surface area contributed by atoms with E-state index >= 15 is 0 Å². The number of nitrogens with one attached hydrogen (secondary N) is 1. The van der Waals surface area contributed by atoms with Gasteiger partial charge in [-0.2, -0.15) is 0 Å². The second kappa shape index (κ2) is 5.41. The summed E-state index contributed by atoms with van der Waals surface area (Å²) >= 11 is 0. The van der Waals surface area contributed by atoms with Crippen molar-refractivity contribution in [2.45, 2.75) is 19.4 Å². The number of benzene rings is 1. The molecular weight excluding hydrogens is 236 g/mol. The lowest BCUT2D eigenvalue weighted by molar-refractivity contribution is 0.215. The highest BCUT2D eigenvalue weighted by Crippen LogP contribution is 2.29. The lowest BCUT2D eigenvalue weighted by atomic mass is 10.1. The minimum absolute atomic E-state index is 0.235. The summed E-state index contributed by atoms with van der Waals surface area (Å²) in [7, 11) is 0. The van der Waals surface area contributed by atoms with E-state index in [0.717, 1.165) is 36.5 Å². The van der Waals surface area contributed by atoms with Crippen molar-refractivity contribution in [1.82, 2.24) is 10.3 Å². The van der Waals surface area contributed by atoms with Gasteiger partial charge < -0.3 is 10.1 Å². The molecule has 1 atom stereocenters. The Morgan fingerprint density at radius 3 is 2.79 bits per heavy atom. The SMILES string of the molecule is Cc1ccc(-c2cccnc2OC2CCNC2)cc1. The van der Waals surface area contributed by atoms with Gasteiger partial charge in [-0.05, 0) is 37.6 Å². The molecule has 1 aromatic carbocycles. The summed E-state index contributed by atoms with van der Waals surface area (Å²) in [6.07, 6.45) is 3.07. The molecule has 1 fully saturated rings. The van der Waals surface area contributed by atoms with Crippen LogP contribution in [-0.4, -0.2) is 24.2 Å². The van der Waals surface area contributed by atoms with Gasteiger partial charge in [-0.3, -0.25) is 0 Å². The van der Waals surface area contributed by atoms with Crippen LogP contribution in [0.25, 0.3) is 11.1 Å². The topological polar surface area (TPSA) is 34.1 Å². The quantitative estimate of drug-likeness (QED) is 0.914. The van der Waals surface area contributed by atoms with Crippen LogP contribution in [0.15, 0.2) is 42.6 Å². The van der Waals surface area contributed by atoms with Crippen LogP contribution in [0.1, 0.15) is 12.0 Å². The van der Waals surface area contributed by atoms with Crippen LogP contribution in [0.3, 0.4) is 0 Å². The fourth-order valence-corrected chi connectivity index (χ4v) is 2.32. The molecule has 0 amide bonds. The Balaban J connectivity index is 1.90. The van der Waals surface area contributed by atoms with Gasteiger partial charge in [-0.15, -0.1) is 0 Å². The van der Waals surface area contributed by atoms with E-state index in [4.69, 9.17) is 4.74 Å². The van der Waals surface area contributed by atoms with Crippen molar-refractivity contribution in [3.05, 3.63) is 48.2 Å². The predicted molar refractivity (Wildman–Crippen MR) is 76.3 cm³/mol. The second-order valence-electron chi connectivity index (χ2n) is 4.95. The van der Waals surface area contributed by atoms with E-state index in [0.29, 0.717) is 0 Å². The van der Waals surface area contributed by atoms with Gasteiger partial charge in [-0.1, -0.05) is 29.8 Å². The number of aryl methyl sites for hydroxylation is 1. The Kier molecular flexibility index (Phi) is 3.47. The van der Waals surface area contributed by atoms with Gasteiger partial charge in [-0.25, -0.2) is 4.98 Å². The van der Waals surface area contributed by atoms with Crippen molar-refractivity contribution in [3.63, 3.8) is 0 Å². The molecule has 1 aliphatic heterocycles. The standard InChI is InChI=1S/C16H18N2O/c1-12-4-6-13(7-5-12)15-3-2-9-18-16(15)19-14-8-10-17-11-14/h2-7,9,14,17H,8,10-11H2,1H3. The molecule has 3 nitrogen and oxygen atoms in total. The van der Waals surface area contributed by atoms with Crippen LogP contribution in [0.4, 0.5) is 0 Å². The number of rotatable bonds is 3. The molecule has 0 radical (unpaired) electrons. The largest absolute Gasteiger partial charge is 0.473 e. The van der Waals surface area contributed by atoms with Crippen LogP contribution in [0, 0.1) is 6.92 Å². The van der Waals surface area contributed by atoms with Crippen molar-refractivity contribution in [2.24, 2.45) is 0 Å². The third kappa shape index (κ3) is 2.76. The maximum Gasteiger partial charge on any atom is 0.221 e. The fraction of sp³-hybridized carbons (Fsp3) is 0.312. The van der Waals surface area contributed by atoms with Crippen molar-refractivity contribution < 1.29 is 4.74 Å². The van der Waals surface area contributed by atoms with Gasteiger partial charge in [0.25, 0.3) is 0 Å². The highest BCUT2D eigenvalue weighted by Gasteiger charge is 2.18. The predicted octanol–water partition coefficient (Wildman–Crippen LogP) is 2.80. The fourth-order valence-electron chi connectivity index (χ4n) is 2.32. The third-order valence-electron chi connectivity index (χ3n) is 3.43. The van der Waals surface area contributed by atoms with Crippen LogP contribution < -0.4 is 10.1 Å². The molecule has 0 spiro atoms. The summed E-state index contributed by atoms with van der Waals surface area (Å²) in [6.45, 7) is 4.02. The zero-order chi connectivity index (χ0) is 13.1. The first kappa shape index (κ1) is 12.2. The van der Waals surface area contributed by atoms with Crippen LogP contribution >= 0.6 is 0 Å². The van der Waals surface area contributed by atoms with Crippen LogP contribution in [-0.2, 0) is 0 Å². The Morgan fingerprint density at radius 1 is 1.21 bits per heavy atom. The smallest absolute Gasteiger partial charge is 0.221 e. The van der Waals surface area contributed by atoms with Crippen LogP contribution in [0.2, 0.25) is 0 Å². The first-order valence-electron chi connectivity index (χ1n) is 6.72. The van der Waals surface area contributed by atoms with Gasteiger partial charge in [0.2, 0.25) is 5.88 Å². The Bertz CT molecular complexity index is 545. The van der Waals surface area contributed by atoms with E-state index in [9.17, 15) is 0 Å². The lowest BCUT2D eigenvalue weighted by Crippen LogP contribution is -2.20. The molecule has 0 bridgehead atoms. The third-order valence-corrected chi connectivity index (χ3v) is 3.43. The average molecular weight is 254 g/mol. The summed E-state index contributed by atoms with van der Waals surface area (Å²) in [4.78, 5) is 4.39. The number of aromatic nitrogens is 1. The van der Waals surface area contributed by atoms with Gasteiger partial charge in [0.1, 0.15) is 6.10 Å². The van der Waals surface area contributed by atoms with Crippen molar-refractivity contribution >= 4 is 0 Å². The van der Waals surface area contributed by atoms with E-state index in [1.807, 2.05) is 6.07 Å². The summed E-state index contributed by atoms with van der Waals surface area (Å²) in [5.74, 6) is 0.736. The van der Waals surface area contributed by atoms with Gasteiger partial charge in [0.15, 0.2) is 0 Å². The number of ether oxygens (including phenoxy) is 1. The molecule has 98 valence electrons. The zero-order valence-corrected chi connectivity index (χ0v) is 11.1. The highest BCUT2D eigenvalue weighted by atomic mass is 16.5. The Hall–Kier alpha value is -1.87. The van der Waals surface area contributed by atoms with Gasteiger partial charge >= 0.3 is 0 Å². The minimum Gasteiger partial charge on any atom is -0.473 e. The monoisotopic (exact) mass is 254 g/mol. The molecule has 19 heavy (non-hydrogen) atoms. The van der Waals surface area contributed by atoms with Crippen molar-refractivity contribution in [3.8, 4) is 17.0 Å². The zero-order valence-electron chi connectivity index (χ0n) is 11.1. The molecular formula is C16H18N2O. The summed E-state index contributed by atoms with van der Waals surface area (Å²) < 4.78 is 6.02. The van der Waals surface area contributed by atoms with E-state index in [-0.39, 0.29) is 6.10 Å². The number of hydrogen-bond donors (Lipinski definition) is 1. The first-order chi connectivity index (χ1) is 9.33. The summed E-state index contributed by atoms with van der Waals surface area (Å²) in [5, 5.41) is 3.31. The molecule has 1 N–H and O–H groups in total. The highest BCUT2D eigenvalue weighted by molar-refractivity contribution is 5.68. The minimum atomic E-state index is 0.235. The molecule has 0 aliphatic carbocycles. The molecule has 3 heteroatoms. The molecule has 0 saturated carbocycles. The van der Waals surface area contributed by atoms with Gasteiger partial charge in [0, 0.05) is 18.3 Å². The average Bonchev–Trinajstić information content (AvgIpc) is 2.93. The van der Waals surface area contributed by atoms with E-state index < -0.39 is 0 Å². The van der Waals surface area contributed by atoms with Crippen molar-refractivity contribution in [1.29, 1.82) is 0 Å². The lowest BCUT2D eigenvalue weighted by Gasteiger charge is -2.14. The van der Waals surface area contributed by atoms with Gasteiger partial charge in [0.05, 0.1) is 0 Å². The second-order valence-corrected chi connectivity index (χ2v) is 4.95. The molecule has 1 aliphatic rings. The normalized spacial score (nSPS) is 18.5. The van der Waals surface area contributed by atoms with Crippen molar-refractivity contribution in [2.75, 3.05) is 13.1 Å². The maximum absolute atomic E-state index is 6.02. The van der Waals surface area contributed by atoms with E-state index in [1.165, 1.54) is 5.56 Å². The summed E-state index contributed by atoms with van der Waals surface area (Å²) in [6, 6.07) is 12.5. The molecule has 1 saturated heterocycles. The molecule has 3 rings (SSSR count). The molecule has 1 aromatic heterocycles. The van der Waals surface area contributed by atoms with Crippen LogP contribution in [0.5, 0.6) is 5.88 Å². The Labute approximate surface area is 113 Å². The number of pyridine rings is 1. The van der Waals surface area contributed by atoms with E-state index in [1.54, 1.807) is 6.20 Å². The summed E-state index contributed by atoms with van der Waals surface area (Å²) in [5.41, 5.74) is 3.48. The number of nitrogens with zero attached hydrogens (tertiary/aromatic N) is 1. The first-order valence-corrected chi connectivity index (χ1v) is 6.72. The Morgan fingerprint density at radius 2 is 2.05 bits per heavy atom. The molecule has 2 aromatic rings. The van der Waals surface area contributed by atoms with E-state index in [2.05, 4.69) is 47.6 Å². The molecule has 2 heterocycles. The molecule has 1 unspecified atom stereocenters. The number of hydrogen-bond acceptors (Lipinski definition) is 3. The maximum atomic E-state index is 6.02.